The highest BCUT2D eigenvalue weighted by Gasteiger charge is 2.54. The SMILES string of the molecule is CC[Si](CC)(CC)CCc1ccc2c(c1)CC[C@@H]1[C@@H]2CC[C@]2(C)C(=O)CC[C@@H]12. The van der Waals surface area contributed by atoms with Crippen molar-refractivity contribution in [2.24, 2.45) is 17.3 Å². The first-order valence-electron chi connectivity index (χ1n) is 12.1. The number of ketones is 1. The van der Waals surface area contributed by atoms with Crippen LogP contribution in [0, 0.1) is 17.3 Å². The zero-order valence-electron chi connectivity index (χ0n) is 18.7. The maximum absolute atomic E-state index is 12.5. The standard InChI is InChI=1S/C26H40OSi/c1-5-28(6-2,7-3)17-15-19-8-10-21-20(18-19)9-11-23-22(21)14-16-26(4)24(23)12-13-25(26)27/h8,10,18,22-24H,5-7,9,11-17H2,1-4H3/t22-,23-,24+,26+/m1/s1. The Balaban J connectivity index is 1.51. The Morgan fingerprint density at radius 3 is 2.50 bits per heavy atom. The number of carbonyl (C=O) groups excluding carboxylic acids is 1. The largest absolute Gasteiger partial charge is 0.299 e. The van der Waals surface area contributed by atoms with Crippen LogP contribution in [0.5, 0.6) is 0 Å². The van der Waals surface area contributed by atoms with E-state index in [-0.39, 0.29) is 5.41 Å². The lowest BCUT2D eigenvalue weighted by molar-refractivity contribution is -0.129. The number of hydrogen-bond acceptors (Lipinski definition) is 1. The van der Waals surface area contributed by atoms with Gasteiger partial charge in [-0.1, -0.05) is 70.1 Å². The molecule has 2 fully saturated rings. The predicted molar refractivity (Wildman–Crippen MR) is 122 cm³/mol. The number of fused-ring (bicyclic) bond motifs is 5. The van der Waals surface area contributed by atoms with Gasteiger partial charge in [0.2, 0.25) is 0 Å². The molecule has 154 valence electrons. The van der Waals surface area contributed by atoms with E-state index in [9.17, 15) is 4.79 Å². The van der Waals surface area contributed by atoms with Crippen LogP contribution in [-0.4, -0.2) is 13.9 Å². The normalized spacial score (nSPS) is 32.0. The molecule has 3 aliphatic carbocycles. The fourth-order valence-corrected chi connectivity index (χ4v) is 10.6. The van der Waals surface area contributed by atoms with Gasteiger partial charge in [0.1, 0.15) is 5.78 Å². The van der Waals surface area contributed by atoms with Crippen LogP contribution in [0.3, 0.4) is 0 Å². The smallest absolute Gasteiger partial charge is 0.139 e. The van der Waals surface area contributed by atoms with Gasteiger partial charge in [0.25, 0.3) is 0 Å². The van der Waals surface area contributed by atoms with Gasteiger partial charge in [-0.05, 0) is 73.0 Å². The van der Waals surface area contributed by atoms with Gasteiger partial charge < -0.3 is 0 Å². The first-order valence-corrected chi connectivity index (χ1v) is 14.9. The molecule has 1 aromatic rings. The topological polar surface area (TPSA) is 17.1 Å². The molecule has 0 bridgehead atoms. The maximum atomic E-state index is 12.5. The molecule has 0 heterocycles. The van der Waals surface area contributed by atoms with Crippen molar-refractivity contribution < 1.29 is 4.79 Å². The number of benzene rings is 1. The second-order valence-electron chi connectivity index (χ2n) is 10.4. The fourth-order valence-electron chi connectivity index (χ4n) is 7.25. The van der Waals surface area contributed by atoms with E-state index in [1.165, 1.54) is 49.9 Å². The zero-order chi connectivity index (χ0) is 19.9. The molecule has 4 rings (SSSR count). The van der Waals surface area contributed by atoms with Crippen LogP contribution in [0.4, 0.5) is 0 Å². The summed E-state index contributed by atoms with van der Waals surface area (Å²) in [7, 11) is -1.03. The molecule has 28 heavy (non-hydrogen) atoms. The summed E-state index contributed by atoms with van der Waals surface area (Å²) in [5, 5.41) is 0. The molecule has 2 saturated carbocycles. The monoisotopic (exact) mass is 396 g/mol. The molecular weight excluding hydrogens is 356 g/mol. The van der Waals surface area contributed by atoms with E-state index in [0.29, 0.717) is 11.7 Å². The molecule has 0 aliphatic heterocycles. The lowest BCUT2D eigenvalue weighted by Gasteiger charge is -2.48. The minimum absolute atomic E-state index is 0.00697. The molecule has 0 radical (unpaired) electrons. The van der Waals surface area contributed by atoms with Crippen LogP contribution < -0.4 is 0 Å². The van der Waals surface area contributed by atoms with E-state index >= 15 is 0 Å². The van der Waals surface area contributed by atoms with Crippen LogP contribution in [0.15, 0.2) is 18.2 Å². The second kappa shape index (κ2) is 7.74. The van der Waals surface area contributed by atoms with Gasteiger partial charge in [0, 0.05) is 11.8 Å². The van der Waals surface area contributed by atoms with Crippen LogP contribution in [0.25, 0.3) is 0 Å². The molecule has 3 aliphatic rings. The molecule has 0 amide bonds. The molecule has 0 saturated heterocycles. The first-order chi connectivity index (χ1) is 13.5. The fraction of sp³-hybridized carbons (Fsp3) is 0.731. The molecular formula is C26H40OSi. The summed E-state index contributed by atoms with van der Waals surface area (Å²) >= 11 is 0. The summed E-state index contributed by atoms with van der Waals surface area (Å²) < 4.78 is 0. The molecule has 0 aromatic heterocycles. The van der Waals surface area contributed by atoms with Crippen molar-refractivity contribution in [1.82, 2.24) is 0 Å². The van der Waals surface area contributed by atoms with Crippen molar-refractivity contribution in [2.45, 2.75) is 103 Å². The maximum Gasteiger partial charge on any atom is 0.139 e. The number of aryl methyl sites for hydroxylation is 2. The van der Waals surface area contributed by atoms with E-state index < -0.39 is 8.07 Å². The van der Waals surface area contributed by atoms with E-state index in [1.54, 1.807) is 16.7 Å². The minimum atomic E-state index is -1.03. The van der Waals surface area contributed by atoms with Gasteiger partial charge >= 0.3 is 0 Å². The second-order valence-corrected chi connectivity index (χ2v) is 16.0. The molecule has 0 N–H and O–H groups in total. The van der Waals surface area contributed by atoms with Crippen LogP contribution in [0.1, 0.15) is 82.4 Å². The van der Waals surface area contributed by atoms with Crippen molar-refractivity contribution in [1.29, 1.82) is 0 Å². The lowest BCUT2D eigenvalue weighted by Crippen LogP contribution is -2.42. The Bertz CT molecular complexity index is 726. The van der Waals surface area contributed by atoms with Crippen LogP contribution >= 0.6 is 0 Å². The Kier molecular flexibility index (Phi) is 5.64. The molecule has 0 spiro atoms. The quantitative estimate of drug-likeness (QED) is 0.466. The number of Topliss-reactive ketones (excluding diaryl/α,β-unsaturated/α-hetero) is 1. The minimum Gasteiger partial charge on any atom is -0.299 e. The summed E-state index contributed by atoms with van der Waals surface area (Å²) in [6, 6.07) is 13.3. The lowest BCUT2D eigenvalue weighted by atomic mass is 9.55. The Morgan fingerprint density at radius 2 is 1.79 bits per heavy atom. The average Bonchev–Trinajstić information content (AvgIpc) is 3.04. The zero-order valence-corrected chi connectivity index (χ0v) is 19.7. The summed E-state index contributed by atoms with van der Waals surface area (Å²) in [5.74, 6) is 2.69. The van der Waals surface area contributed by atoms with E-state index in [4.69, 9.17) is 0 Å². The van der Waals surface area contributed by atoms with E-state index in [0.717, 1.165) is 31.1 Å². The van der Waals surface area contributed by atoms with Crippen molar-refractivity contribution in [2.75, 3.05) is 0 Å². The summed E-state index contributed by atoms with van der Waals surface area (Å²) in [4.78, 5) is 12.5. The third-order valence-electron chi connectivity index (χ3n) is 9.69. The molecule has 2 heteroatoms. The number of hydrogen-bond donors (Lipinski definition) is 0. The number of rotatable bonds is 6. The molecule has 1 aromatic carbocycles. The Labute approximate surface area is 173 Å². The molecule has 4 atom stereocenters. The van der Waals surface area contributed by atoms with E-state index in [1.807, 2.05) is 0 Å². The van der Waals surface area contributed by atoms with Gasteiger partial charge in [-0.25, -0.2) is 0 Å². The third-order valence-corrected chi connectivity index (χ3v) is 15.5. The van der Waals surface area contributed by atoms with Crippen LogP contribution in [-0.2, 0) is 17.6 Å². The van der Waals surface area contributed by atoms with Crippen molar-refractivity contribution >= 4 is 13.9 Å². The first kappa shape index (κ1) is 20.4. The van der Waals surface area contributed by atoms with Gasteiger partial charge in [-0.2, -0.15) is 0 Å². The highest BCUT2D eigenvalue weighted by molar-refractivity contribution is 6.79. The average molecular weight is 397 g/mol. The Hall–Kier alpha value is -0.893. The summed E-state index contributed by atoms with van der Waals surface area (Å²) in [6.07, 6.45) is 8.19. The third kappa shape index (κ3) is 3.24. The van der Waals surface area contributed by atoms with Crippen molar-refractivity contribution in [3.05, 3.63) is 34.9 Å². The predicted octanol–water partition coefficient (Wildman–Crippen LogP) is 7.16. The molecule has 0 unspecified atom stereocenters. The van der Waals surface area contributed by atoms with Gasteiger partial charge in [-0.15, -0.1) is 0 Å². The van der Waals surface area contributed by atoms with Crippen molar-refractivity contribution in [3.8, 4) is 0 Å². The van der Waals surface area contributed by atoms with Gasteiger partial charge in [0.15, 0.2) is 0 Å². The summed E-state index contributed by atoms with van der Waals surface area (Å²) in [6.45, 7) is 9.57. The van der Waals surface area contributed by atoms with Crippen molar-refractivity contribution in [3.63, 3.8) is 0 Å². The van der Waals surface area contributed by atoms with E-state index in [2.05, 4.69) is 45.9 Å². The molecule has 1 nitrogen and oxygen atoms in total. The summed E-state index contributed by atoms with van der Waals surface area (Å²) in [5.41, 5.74) is 4.88. The van der Waals surface area contributed by atoms with Crippen LogP contribution in [0.2, 0.25) is 24.2 Å². The highest BCUT2D eigenvalue weighted by atomic mass is 28.3. The van der Waals surface area contributed by atoms with Gasteiger partial charge in [-0.3, -0.25) is 4.79 Å². The Morgan fingerprint density at radius 1 is 1.04 bits per heavy atom. The van der Waals surface area contributed by atoms with Gasteiger partial charge in [0.05, 0.1) is 8.07 Å². The highest BCUT2D eigenvalue weighted by Crippen LogP contribution is 2.59. The number of carbonyl (C=O) groups is 1.